The topological polar surface area (TPSA) is 115 Å². The summed E-state index contributed by atoms with van der Waals surface area (Å²) in [5, 5.41) is 19.3. The molecule has 1 amide bonds. The molecule has 0 atom stereocenters. The van der Waals surface area contributed by atoms with Gasteiger partial charge in [-0.2, -0.15) is 9.78 Å². The SMILES string of the molecule is Cc1cc(NC(=O)c2ccc(N3CCOCC3)c([N+](=O)[O-])c2)n(-c2ncc(Cl)cc2Cl)n1. The number of nitro groups is 1. The van der Waals surface area contributed by atoms with Crippen LogP contribution in [0.25, 0.3) is 5.82 Å². The van der Waals surface area contributed by atoms with Crippen molar-refractivity contribution in [2.24, 2.45) is 0 Å². The van der Waals surface area contributed by atoms with Crippen LogP contribution in [0.2, 0.25) is 10.0 Å². The first-order valence-electron chi connectivity index (χ1n) is 9.64. The van der Waals surface area contributed by atoms with Crippen LogP contribution < -0.4 is 10.2 Å². The molecule has 12 heteroatoms. The quantitative estimate of drug-likeness (QED) is 0.438. The van der Waals surface area contributed by atoms with Crippen molar-refractivity contribution in [3.63, 3.8) is 0 Å². The minimum atomic E-state index is -0.534. The minimum absolute atomic E-state index is 0.134. The summed E-state index contributed by atoms with van der Waals surface area (Å²) in [5.41, 5.74) is 1.05. The lowest BCUT2D eigenvalue weighted by molar-refractivity contribution is -0.384. The van der Waals surface area contributed by atoms with E-state index in [1.165, 1.54) is 23.0 Å². The first kappa shape index (κ1) is 22.0. The maximum absolute atomic E-state index is 12.9. The Hall–Kier alpha value is -3.21. The van der Waals surface area contributed by atoms with Crippen LogP contribution in [0.15, 0.2) is 36.5 Å². The zero-order valence-electron chi connectivity index (χ0n) is 16.9. The van der Waals surface area contributed by atoms with Crippen LogP contribution >= 0.6 is 23.2 Å². The van der Waals surface area contributed by atoms with Gasteiger partial charge >= 0.3 is 0 Å². The number of ether oxygens (including phenoxy) is 1. The number of aromatic nitrogens is 3. The Labute approximate surface area is 192 Å². The van der Waals surface area contributed by atoms with Crippen molar-refractivity contribution in [1.82, 2.24) is 14.8 Å². The number of carbonyl (C=O) groups excluding carboxylic acids is 1. The number of halogens is 2. The molecule has 1 N–H and O–H groups in total. The van der Waals surface area contributed by atoms with Crippen molar-refractivity contribution in [1.29, 1.82) is 0 Å². The number of benzene rings is 1. The van der Waals surface area contributed by atoms with Gasteiger partial charge in [-0.3, -0.25) is 14.9 Å². The van der Waals surface area contributed by atoms with Gasteiger partial charge in [-0.15, -0.1) is 0 Å². The zero-order valence-corrected chi connectivity index (χ0v) is 18.4. The number of amides is 1. The second kappa shape index (κ2) is 9.11. The van der Waals surface area contributed by atoms with E-state index in [9.17, 15) is 14.9 Å². The Morgan fingerprint density at radius 3 is 2.66 bits per heavy atom. The standard InChI is InChI=1S/C20H18Cl2N6O4/c1-12-8-18(27(25-12)19-15(22)10-14(21)11-23-19)24-20(29)13-2-3-16(17(9-13)28(30)31)26-4-6-32-7-5-26/h2-3,8-11H,4-7H2,1H3,(H,24,29). The molecule has 1 aromatic carbocycles. The molecule has 2 aromatic heterocycles. The van der Waals surface area contributed by atoms with Crippen LogP contribution in [0.4, 0.5) is 17.2 Å². The average molecular weight is 477 g/mol. The maximum Gasteiger partial charge on any atom is 0.293 e. The summed E-state index contributed by atoms with van der Waals surface area (Å²) in [7, 11) is 0. The number of carbonyl (C=O) groups is 1. The van der Waals surface area contributed by atoms with Crippen LogP contribution in [0.3, 0.4) is 0 Å². The molecule has 4 rings (SSSR count). The molecule has 0 bridgehead atoms. The van der Waals surface area contributed by atoms with E-state index in [1.807, 2.05) is 4.90 Å². The number of hydrogen-bond acceptors (Lipinski definition) is 7. The van der Waals surface area contributed by atoms with E-state index < -0.39 is 10.8 Å². The van der Waals surface area contributed by atoms with Crippen LogP contribution in [0.1, 0.15) is 16.1 Å². The highest BCUT2D eigenvalue weighted by Crippen LogP contribution is 2.31. The molecular weight excluding hydrogens is 459 g/mol. The third-order valence-electron chi connectivity index (χ3n) is 4.85. The fourth-order valence-electron chi connectivity index (χ4n) is 3.38. The lowest BCUT2D eigenvalue weighted by Crippen LogP contribution is -2.36. The molecule has 1 fully saturated rings. The number of aryl methyl sites for hydroxylation is 1. The van der Waals surface area contributed by atoms with Crippen LogP contribution in [-0.4, -0.2) is 51.9 Å². The summed E-state index contributed by atoms with van der Waals surface area (Å²) in [6.07, 6.45) is 1.42. The van der Waals surface area contributed by atoms with Gasteiger partial charge in [-0.25, -0.2) is 4.98 Å². The second-order valence-corrected chi connectivity index (χ2v) is 7.90. The predicted molar refractivity (Wildman–Crippen MR) is 120 cm³/mol. The molecule has 1 aliphatic rings. The molecule has 0 saturated carbocycles. The molecule has 166 valence electrons. The molecule has 3 aromatic rings. The first-order chi connectivity index (χ1) is 15.3. The number of pyridine rings is 1. The molecule has 32 heavy (non-hydrogen) atoms. The molecule has 10 nitrogen and oxygen atoms in total. The third kappa shape index (κ3) is 4.52. The van der Waals surface area contributed by atoms with Crippen LogP contribution in [-0.2, 0) is 4.74 Å². The van der Waals surface area contributed by atoms with Gasteiger partial charge in [0, 0.05) is 37.0 Å². The van der Waals surface area contributed by atoms with E-state index in [-0.39, 0.29) is 22.1 Å². The number of nitrogens with zero attached hydrogens (tertiary/aromatic N) is 5. The molecule has 1 aliphatic heterocycles. The van der Waals surface area contributed by atoms with Gasteiger partial charge in [0.25, 0.3) is 11.6 Å². The van der Waals surface area contributed by atoms with Crippen molar-refractivity contribution in [2.75, 3.05) is 36.5 Å². The van der Waals surface area contributed by atoms with Crippen molar-refractivity contribution < 1.29 is 14.5 Å². The highest BCUT2D eigenvalue weighted by atomic mass is 35.5. The number of nitrogens with one attached hydrogen (secondary N) is 1. The highest BCUT2D eigenvalue weighted by molar-refractivity contribution is 6.35. The van der Waals surface area contributed by atoms with Crippen molar-refractivity contribution in [2.45, 2.75) is 6.92 Å². The van der Waals surface area contributed by atoms with E-state index in [0.717, 1.165) is 0 Å². The van der Waals surface area contributed by atoms with Crippen LogP contribution in [0.5, 0.6) is 0 Å². The Balaban J connectivity index is 1.63. The number of rotatable bonds is 5. The van der Waals surface area contributed by atoms with Gasteiger partial charge in [0.15, 0.2) is 5.82 Å². The fraction of sp³-hybridized carbons (Fsp3) is 0.250. The summed E-state index contributed by atoms with van der Waals surface area (Å²) in [5.74, 6) is 0.0603. The van der Waals surface area contributed by atoms with E-state index in [4.69, 9.17) is 27.9 Å². The van der Waals surface area contributed by atoms with Gasteiger partial charge in [0.05, 0.1) is 33.9 Å². The summed E-state index contributed by atoms with van der Waals surface area (Å²) in [6.45, 7) is 3.81. The van der Waals surface area contributed by atoms with Gasteiger partial charge in [-0.05, 0) is 25.1 Å². The summed E-state index contributed by atoms with van der Waals surface area (Å²) >= 11 is 12.1. The molecule has 0 aliphatic carbocycles. The molecule has 0 unspecified atom stereocenters. The number of morpholine rings is 1. The first-order valence-corrected chi connectivity index (χ1v) is 10.4. The largest absolute Gasteiger partial charge is 0.378 e. The smallest absolute Gasteiger partial charge is 0.293 e. The Morgan fingerprint density at radius 2 is 1.97 bits per heavy atom. The molecule has 1 saturated heterocycles. The molecular formula is C20H18Cl2N6O4. The third-order valence-corrected chi connectivity index (χ3v) is 5.33. The van der Waals surface area contributed by atoms with Gasteiger partial charge in [-0.1, -0.05) is 23.2 Å². The monoisotopic (exact) mass is 476 g/mol. The minimum Gasteiger partial charge on any atom is -0.378 e. The van der Waals surface area contributed by atoms with Crippen molar-refractivity contribution in [3.05, 3.63) is 67.9 Å². The Kier molecular flexibility index (Phi) is 6.26. The number of nitro benzene ring substituents is 1. The van der Waals surface area contributed by atoms with Gasteiger partial charge < -0.3 is 15.0 Å². The lowest BCUT2D eigenvalue weighted by atomic mass is 10.1. The maximum atomic E-state index is 12.9. The Bertz CT molecular complexity index is 1190. The average Bonchev–Trinajstić information content (AvgIpc) is 3.13. The van der Waals surface area contributed by atoms with E-state index >= 15 is 0 Å². The van der Waals surface area contributed by atoms with Gasteiger partial charge in [0.1, 0.15) is 11.5 Å². The molecule has 3 heterocycles. The van der Waals surface area contributed by atoms with Crippen molar-refractivity contribution in [3.8, 4) is 5.82 Å². The van der Waals surface area contributed by atoms with Crippen molar-refractivity contribution >= 4 is 46.3 Å². The summed E-state index contributed by atoms with van der Waals surface area (Å²) in [4.78, 5) is 30.2. The second-order valence-electron chi connectivity index (χ2n) is 7.06. The number of hydrogen-bond donors (Lipinski definition) is 1. The van der Waals surface area contributed by atoms with Gasteiger partial charge in [0.2, 0.25) is 0 Å². The summed E-state index contributed by atoms with van der Waals surface area (Å²) < 4.78 is 6.69. The van der Waals surface area contributed by atoms with E-state index in [2.05, 4.69) is 15.4 Å². The van der Waals surface area contributed by atoms with E-state index in [1.54, 1.807) is 25.1 Å². The lowest BCUT2D eigenvalue weighted by Gasteiger charge is -2.28. The molecule has 0 radical (unpaired) electrons. The predicted octanol–water partition coefficient (Wildman–Crippen LogP) is 3.88. The normalized spacial score (nSPS) is 13.8. The fourth-order valence-corrected chi connectivity index (χ4v) is 3.84. The molecule has 0 spiro atoms. The number of anilines is 2. The zero-order chi connectivity index (χ0) is 22.8. The van der Waals surface area contributed by atoms with E-state index in [0.29, 0.717) is 48.5 Å². The Morgan fingerprint density at radius 1 is 1.22 bits per heavy atom. The van der Waals surface area contributed by atoms with Crippen LogP contribution in [0, 0.1) is 17.0 Å². The highest BCUT2D eigenvalue weighted by Gasteiger charge is 2.24. The summed E-state index contributed by atoms with van der Waals surface area (Å²) in [6, 6.07) is 7.55.